The minimum atomic E-state index is -0.687. The molecule has 6 heteroatoms. The van der Waals surface area contributed by atoms with E-state index in [1.165, 1.54) is 12.1 Å². The summed E-state index contributed by atoms with van der Waals surface area (Å²) in [6.07, 6.45) is 3.31. The van der Waals surface area contributed by atoms with Crippen molar-refractivity contribution in [2.24, 2.45) is 5.92 Å². The molecule has 2 heterocycles. The van der Waals surface area contributed by atoms with Crippen LogP contribution in [0.3, 0.4) is 0 Å². The van der Waals surface area contributed by atoms with E-state index in [0.29, 0.717) is 24.6 Å². The van der Waals surface area contributed by atoms with Gasteiger partial charge in [0, 0.05) is 30.9 Å². The van der Waals surface area contributed by atoms with Crippen molar-refractivity contribution in [2.45, 2.75) is 31.7 Å². The quantitative estimate of drug-likeness (QED) is 0.928. The van der Waals surface area contributed by atoms with Crippen molar-refractivity contribution in [2.75, 3.05) is 31.1 Å². The summed E-state index contributed by atoms with van der Waals surface area (Å²) in [5.74, 6) is -1.98. The van der Waals surface area contributed by atoms with Gasteiger partial charge in [0.15, 0.2) is 0 Å². The number of hydrogen-bond donors (Lipinski definition) is 1. The zero-order chi connectivity index (χ0) is 16.4. The fourth-order valence-corrected chi connectivity index (χ4v) is 3.72. The topological polar surface area (TPSA) is 43.8 Å². The summed E-state index contributed by atoms with van der Waals surface area (Å²) in [5, 5.41) is 9.05. The van der Waals surface area contributed by atoms with Gasteiger partial charge in [0.05, 0.1) is 5.92 Å². The number of aliphatic carboxylic acids is 1. The molecule has 0 aromatic heterocycles. The molecule has 2 fully saturated rings. The van der Waals surface area contributed by atoms with Crippen LogP contribution in [0, 0.1) is 17.6 Å². The van der Waals surface area contributed by atoms with Gasteiger partial charge in [-0.3, -0.25) is 4.79 Å². The van der Waals surface area contributed by atoms with E-state index in [4.69, 9.17) is 5.11 Å². The number of piperidine rings is 2. The highest BCUT2D eigenvalue weighted by Gasteiger charge is 2.30. The molecule has 0 radical (unpaired) electrons. The van der Waals surface area contributed by atoms with Gasteiger partial charge < -0.3 is 14.9 Å². The van der Waals surface area contributed by atoms with Crippen molar-refractivity contribution in [3.63, 3.8) is 0 Å². The molecule has 0 unspecified atom stereocenters. The number of carboxylic acids is 1. The highest BCUT2D eigenvalue weighted by Crippen LogP contribution is 2.27. The van der Waals surface area contributed by atoms with E-state index in [1.54, 1.807) is 0 Å². The Labute approximate surface area is 134 Å². The molecule has 0 spiro atoms. The maximum atomic E-state index is 13.3. The Bertz CT molecular complexity index is 545. The monoisotopic (exact) mass is 324 g/mol. The van der Waals surface area contributed by atoms with Crippen LogP contribution in [0.15, 0.2) is 18.2 Å². The lowest BCUT2D eigenvalue weighted by Crippen LogP contribution is -2.48. The Morgan fingerprint density at radius 3 is 2.04 bits per heavy atom. The number of halogens is 2. The fourth-order valence-electron chi connectivity index (χ4n) is 3.72. The lowest BCUT2D eigenvalue weighted by atomic mass is 9.93. The average molecular weight is 324 g/mol. The van der Waals surface area contributed by atoms with Crippen LogP contribution in [-0.4, -0.2) is 48.2 Å². The van der Waals surface area contributed by atoms with Gasteiger partial charge in [-0.2, -0.15) is 0 Å². The molecule has 1 aromatic carbocycles. The number of carboxylic acid groups (broad SMARTS) is 1. The molecular formula is C17H22F2N2O2. The van der Waals surface area contributed by atoms with Crippen LogP contribution < -0.4 is 4.90 Å². The first kappa shape index (κ1) is 16.2. The predicted molar refractivity (Wildman–Crippen MR) is 83.5 cm³/mol. The average Bonchev–Trinajstić information content (AvgIpc) is 2.54. The maximum absolute atomic E-state index is 13.3. The molecule has 0 aliphatic carbocycles. The van der Waals surface area contributed by atoms with Gasteiger partial charge in [0.1, 0.15) is 11.6 Å². The standard InChI is InChI=1S/C17H22F2N2O2/c18-13-9-14(19)11-16(10-13)21-7-3-15(4-8-21)20-5-1-12(2-6-20)17(22)23/h9-12,15H,1-8H2,(H,22,23). The second kappa shape index (κ2) is 6.83. The summed E-state index contributed by atoms with van der Waals surface area (Å²) in [5.41, 5.74) is 0.602. The van der Waals surface area contributed by atoms with Crippen LogP contribution in [0.4, 0.5) is 14.5 Å². The van der Waals surface area contributed by atoms with Crippen molar-refractivity contribution in [3.8, 4) is 0 Å². The van der Waals surface area contributed by atoms with Gasteiger partial charge in [-0.1, -0.05) is 0 Å². The van der Waals surface area contributed by atoms with E-state index in [9.17, 15) is 13.6 Å². The number of nitrogens with zero attached hydrogens (tertiary/aromatic N) is 2. The van der Waals surface area contributed by atoms with Gasteiger partial charge in [-0.15, -0.1) is 0 Å². The lowest BCUT2D eigenvalue weighted by molar-refractivity contribution is -0.143. The van der Waals surface area contributed by atoms with E-state index in [1.807, 2.05) is 4.90 Å². The Hall–Kier alpha value is -1.69. The number of likely N-dealkylation sites (tertiary alicyclic amines) is 1. The first-order chi connectivity index (χ1) is 11.0. The molecule has 23 heavy (non-hydrogen) atoms. The second-order valence-electron chi connectivity index (χ2n) is 6.49. The van der Waals surface area contributed by atoms with Crippen molar-refractivity contribution < 1.29 is 18.7 Å². The van der Waals surface area contributed by atoms with Gasteiger partial charge in [-0.05, 0) is 50.9 Å². The molecular weight excluding hydrogens is 302 g/mol. The van der Waals surface area contributed by atoms with E-state index < -0.39 is 17.6 Å². The third-order valence-corrected chi connectivity index (χ3v) is 5.07. The van der Waals surface area contributed by atoms with E-state index in [2.05, 4.69) is 4.90 Å². The molecule has 2 aliphatic rings. The minimum absolute atomic E-state index is 0.207. The van der Waals surface area contributed by atoms with Crippen LogP contribution in [0.5, 0.6) is 0 Å². The Morgan fingerprint density at radius 1 is 0.957 bits per heavy atom. The van der Waals surface area contributed by atoms with Crippen molar-refractivity contribution in [3.05, 3.63) is 29.8 Å². The van der Waals surface area contributed by atoms with Crippen LogP contribution in [-0.2, 0) is 4.79 Å². The van der Waals surface area contributed by atoms with Crippen molar-refractivity contribution in [1.82, 2.24) is 4.90 Å². The molecule has 1 N–H and O–H groups in total. The molecule has 3 rings (SSSR count). The van der Waals surface area contributed by atoms with Gasteiger partial charge in [0.25, 0.3) is 0 Å². The molecule has 0 bridgehead atoms. The first-order valence-electron chi connectivity index (χ1n) is 8.21. The van der Waals surface area contributed by atoms with Crippen LogP contribution >= 0.6 is 0 Å². The molecule has 0 saturated carbocycles. The smallest absolute Gasteiger partial charge is 0.306 e. The molecule has 1 aromatic rings. The van der Waals surface area contributed by atoms with Crippen LogP contribution in [0.2, 0.25) is 0 Å². The number of anilines is 1. The zero-order valence-corrected chi connectivity index (χ0v) is 13.0. The largest absolute Gasteiger partial charge is 0.481 e. The number of hydrogen-bond acceptors (Lipinski definition) is 3. The Kier molecular flexibility index (Phi) is 4.80. The summed E-state index contributed by atoms with van der Waals surface area (Å²) in [7, 11) is 0. The highest BCUT2D eigenvalue weighted by molar-refractivity contribution is 5.70. The van der Waals surface area contributed by atoms with Gasteiger partial charge >= 0.3 is 5.97 Å². The molecule has 2 saturated heterocycles. The van der Waals surface area contributed by atoms with E-state index >= 15 is 0 Å². The highest BCUT2D eigenvalue weighted by atomic mass is 19.1. The lowest BCUT2D eigenvalue weighted by Gasteiger charge is -2.41. The summed E-state index contributed by atoms with van der Waals surface area (Å²) in [6.45, 7) is 3.20. The molecule has 0 atom stereocenters. The van der Waals surface area contributed by atoms with Gasteiger partial charge in [0.2, 0.25) is 0 Å². The Morgan fingerprint density at radius 2 is 1.52 bits per heavy atom. The number of benzene rings is 1. The van der Waals surface area contributed by atoms with Gasteiger partial charge in [-0.25, -0.2) is 8.78 Å². The third-order valence-electron chi connectivity index (χ3n) is 5.07. The Balaban J connectivity index is 1.53. The predicted octanol–water partition coefficient (Wildman–Crippen LogP) is 2.73. The van der Waals surface area contributed by atoms with Crippen molar-refractivity contribution in [1.29, 1.82) is 0 Å². The summed E-state index contributed by atoms with van der Waals surface area (Å²) < 4.78 is 26.7. The minimum Gasteiger partial charge on any atom is -0.481 e. The molecule has 2 aliphatic heterocycles. The molecule has 4 nitrogen and oxygen atoms in total. The van der Waals surface area contributed by atoms with Crippen molar-refractivity contribution >= 4 is 11.7 Å². The van der Waals surface area contributed by atoms with E-state index in [-0.39, 0.29) is 5.92 Å². The first-order valence-corrected chi connectivity index (χ1v) is 8.21. The maximum Gasteiger partial charge on any atom is 0.306 e. The zero-order valence-electron chi connectivity index (χ0n) is 13.0. The van der Waals surface area contributed by atoms with Crippen LogP contribution in [0.25, 0.3) is 0 Å². The third kappa shape index (κ3) is 3.80. The summed E-state index contributed by atoms with van der Waals surface area (Å²) in [6, 6.07) is 4.09. The normalized spacial score (nSPS) is 21.6. The fraction of sp³-hybridized carbons (Fsp3) is 0.588. The molecule has 0 amide bonds. The second-order valence-corrected chi connectivity index (χ2v) is 6.49. The summed E-state index contributed by atoms with van der Waals surface area (Å²) in [4.78, 5) is 15.4. The summed E-state index contributed by atoms with van der Waals surface area (Å²) >= 11 is 0. The molecule has 126 valence electrons. The van der Waals surface area contributed by atoms with Crippen LogP contribution in [0.1, 0.15) is 25.7 Å². The van der Waals surface area contributed by atoms with E-state index in [0.717, 1.165) is 45.1 Å². The SMILES string of the molecule is O=C(O)C1CCN(C2CCN(c3cc(F)cc(F)c3)CC2)CC1. The number of rotatable bonds is 3. The number of carbonyl (C=O) groups is 1.